The highest BCUT2D eigenvalue weighted by Gasteiger charge is 2.31. The zero-order chi connectivity index (χ0) is 17.6. The fourth-order valence-electron chi connectivity index (χ4n) is 3.90. The average molecular weight is 373 g/mol. The second-order valence-electron chi connectivity index (χ2n) is 7.09. The summed E-state index contributed by atoms with van der Waals surface area (Å²) in [6.45, 7) is 2.85. The zero-order valence-corrected chi connectivity index (χ0v) is 16.2. The van der Waals surface area contributed by atoms with Crippen LogP contribution in [0.25, 0.3) is 0 Å². The fraction of sp³-hybridized carbons (Fsp3) is 0.409. The quantitative estimate of drug-likeness (QED) is 0.847. The van der Waals surface area contributed by atoms with E-state index in [4.69, 9.17) is 5.73 Å². The van der Waals surface area contributed by atoms with Crippen LogP contribution in [0.1, 0.15) is 49.7 Å². The van der Waals surface area contributed by atoms with Crippen LogP contribution >= 0.6 is 12.4 Å². The van der Waals surface area contributed by atoms with Gasteiger partial charge in [-0.1, -0.05) is 60.7 Å². The normalized spacial score (nSPS) is 18.3. The Kier molecular flexibility index (Phi) is 7.67. The van der Waals surface area contributed by atoms with E-state index in [1.807, 2.05) is 48.2 Å². The van der Waals surface area contributed by atoms with Crippen LogP contribution in [0.15, 0.2) is 60.7 Å². The number of likely N-dealkylation sites (tertiary alicyclic amines) is 1. The summed E-state index contributed by atoms with van der Waals surface area (Å²) in [6, 6.07) is 20.9. The van der Waals surface area contributed by atoms with Crippen LogP contribution in [0.5, 0.6) is 0 Å². The van der Waals surface area contributed by atoms with Crippen LogP contribution in [0.2, 0.25) is 0 Å². The van der Waals surface area contributed by atoms with E-state index in [2.05, 4.69) is 24.3 Å². The van der Waals surface area contributed by atoms with Gasteiger partial charge in [-0.15, -0.1) is 12.4 Å². The molecule has 0 radical (unpaired) electrons. The summed E-state index contributed by atoms with van der Waals surface area (Å²) < 4.78 is 0. The largest absolute Gasteiger partial charge is 0.338 e. The minimum absolute atomic E-state index is 0. The summed E-state index contributed by atoms with van der Waals surface area (Å²) in [5.41, 5.74) is 8.54. The van der Waals surface area contributed by atoms with Crippen LogP contribution in [-0.2, 0) is 4.79 Å². The monoisotopic (exact) mass is 372 g/mol. The van der Waals surface area contributed by atoms with Crippen molar-refractivity contribution in [3.8, 4) is 0 Å². The average Bonchev–Trinajstić information content (AvgIpc) is 2.67. The van der Waals surface area contributed by atoms with Crippen molar-refractivity contribution in [1.29, 1.82) is 0 Å². The molecule has 2 aromatic rings. The summed E-state index contributed by atoms with van der Waals surface area (Å²) in [7, 11) is 0. The van der Waals surface area contributed by atoms with Crippen molar-refractivity contribution in [3.05, 3.63) is 71.8 Å². The number of carbonyl (C=O) groups is 1. The topological polar surface area (TPSA) is 46.3 Å². The lowest BCUT2D eigenvalue weighted by atomic mass is 9.87. The van der Waals surface area contributed by atoms with Gasteiger partial charge in [0.1, 0.15) is 0 Å². The highest BCUT2D eigenvalue weighted by Crippen LogP contribution is 2.30. The molecule has 4 heteroatoms. The third-order valence-electron chi connectivity index (χ3n) is 5.26. The zero-order valence-electron chi connectivity index (χ0n) is 15.4. The highest BCUT2D eigenvalue weighted by molar-refractivity contribution is 5.85. The smallest absolute Gasteiger partial charge is 0.223 e. The van der Waals surface area contributed by atoms with Gasteiger partial charge in [-0.25, -0.2) is 0 Å². The molecule has 1 aliphatic rings. The Bertz CT molecular complexity index is 636. The molecule has 2 unspecified atom stereocenters. The molecular formula is C22H29ClN2O. The van der Waals surface area contributed by atoms with Crippen molar-refractivity contribution in [2.24, 2.45) is 5.73 Å². The summed E-state index contributed by atoms with van der Waals surface area (Å²) in [5.74, 6) is 0.310. The molecule has 0 aromatic heterocycles. The van der Waals surface area contributed by atoms with Gasteiger partial charge in [0, 0.05) is 31.0 Å². The van der Waals surface area contributed by atoms with E-state index in [1.165, 1.54) is 11.1 Å². The molecule has 2 N–H and O–H groups in total. The first-order valence-electron chi connectivity index (χ1n) is 9.31. The molecule has 1 amide bonds. The van der Waals surface area contributed by atoms with Crippen LogP contribution < -0.4 is 5.73 Å². The van der Waals surface area contributed by atoms with Crippen molar-refractivity contribution in [1.82, 2.24) is 4.90 Å². The predicted molar refractivity (Wildman–Crippen MR) is 110 cm³/mol. The molecule has 3 nitrogen and oxygen atoms in total. The van der Waals surface area contributed by atoms with Crippen LogP contribution in [0.4, 0.5) is 0 Å². The second kappa shape index (κ2) is 9.75. The summed E-state index contributed by atoms with van der Waals surface area (Å²) in [4.78, 5) is 15.2. The molecule has 3 rings (SSSR count). The van der Waals surface area contributed by atoms with E-state index in [-0.39, 0.29) is 36.3 Å². The number of rotatable bonds is 5. The van der Waals surface area contributed by atoms with E-state index >= 15 is 0 Å². The molecular weight excluding hydrogens is 344 g/mol. The number of halogens is 1. The lowest BCUT2D eigenvalue weighted by Gasteiger charge is -2.39. The molecule has 140 valence electrons. The van der Waals surface area contributed by atoms with Gasteiger partial charge in [0.2, 0.25) is 5.91 Å². The van der Waals surface area contributed by atoms with E-state index in [9.17, 15) is 4.79 Å². The van der Waals surface area contributed by atoms with Crippen molar-refractivity contribution in [2.45, 2.75) is 50.6 Å². The Morgan fingerprint density at radius 3 is 2.08 bits per heavy atom. The molecule has 0 aliphatic carbocycles. The first-order valence-corrected chi connectivity index (χ1v) is 9.31. The van der Waals surface area contributed by atoms with Gasteiger partial charge in [0.15, 0.2) is 0 Å². The Hall–Kier alpha value is -1.84. The van der Waals surface area contributed by atoms with Crippen LogP contribution in [0.3, 0.4) is 0 Å². The molecule has 0 spiro atoms. The number of amides is 1. The summed E-state index contributed by atoms with van der Waals surface area (Å²) >= 11 is 0. The predicted octanol–water partition coefficient (Wildman–Crippen LogP) is 4.36. The molecule has 0 bridgehead atoms. The summed E-state index contributed by atoms with van der Waals surface area (Å²) in [6.07, 6.45) is 3.76. The maximum Gasteiger partial charge on any atom is 0.223 e. The highest BCUT2D eigenvalue weighted by atomic mass is 35.5. The Balaban J connectivity index is 0.00000243. The number of benzene rings is 2. The molecule has 0 saturated carbocycles. The van der Waals surface area contributed by atoms with E-state index in [0.717, 1.165) is 25.8 Å². The van der Waals surface area contributed by atoms with Crippen molar-refractivity contribution < 1.29 is 4.79 Å². The van der Waals surface area contributed by atoms with Gasteiger partial charge >= 0.3 is 0 Å². The Morgan fingerprint density at radius 2 is 1.58 bits per heavy atom. The van der Waals surface area contributed by atoms with E-state index in [0.29, 0.717) is 6.42 Å². The van der Waals surface area contributed by atoms with Crippen molar-refractivity contribution in [3.63, 3.8) is 0 Å². The van der Waals surface area contributed by atoms with Gasteiger partial charge in [-0.2, -0.15) is 0 Å². The molecule has 2 aromatic carbocycles. The van der Waals surface area contributed by atoms with Gasteiger partial charge in [0.25, 0.3) is 0 Å². The molecule has 1 saturated heterocycles. The number of piperidine rings is 1. The van der Waals surface area contributed by atoms with Crippen LogP contribution in [0, 0.1) is 0 Å². The third-order valence-corrected chi connectivity index (χ3v) is 5.26. The fourth-order valence-corrected chi connectivity index (χ4v) is 3.90. The SMILES string of the molecule is CC(N)C1CCCCN1C(=O)CC(c1ccccc1)c1ccccc1.Cl. The van der Waals surface area contributed by atoms with Gasteiger partial charge in [-0.3, -0.25) is 4.79 Å². The first-order chi connectivity index (χ1) is 12.2. The van der Waals surface area contributed by atoms with E-state index in [1.54, 1.807) is 0 Å². The molecule has 26 heavy (non-hydrogen) atoms. The minimum atomic E-state index is 0. The van der Waals surface area contributed by atoms with E-state index < -0.39 is 0 Å². The number of nitrogens with two attached hydrogens (primary N) is 1. The lowest BCUT2D eigenvalue weighted by molar-refractivity contribution is -0.135. The Labute approximate surface area is 163 Å². The molecule has 2 atom stereocenters. The Morgan fingerprint density at radius 1 is 1.04 bits per heavy atom. The summed E-state index contributed by atoms with van der Waals surface area (Å²) in [5, 5.41) is 0. The van der Waals surface area contributed by atoms with Gasteiger partial charge < -0.3 is 10.6 Å². The second-order valence-corrected chi connectivity index (χ2v) is 7.09. The number of nitrogens with zero attached hydrogens (tertiary/aromatic N) is 1. The van der Waals surface area contributed by atoms with Gasteiger partial charge in [0.05, 0.1) is 0 Å². The molecule has 1 fully saturated rings. The first kappa shape index (κ1) is 20.5. The van der Waals surface area contributed by atoms with Crippen molar-refractivity contribution >= 4 is 18.3 Å². The lowest BCUT2D eigenvalue weighted by Crippen LogP contribution is -2.51. The van der Waals surface area contributed by atoms with Crippen molar-refractivity contribution in [2.75, 3.05) is 6.54 Å². The minimum Gasteiger partial charge on any atom is -0.338 e. The number of hydrogen-bond donors (Lipinski definition) is 1. The maximum absolute atomic E-state index is 13.1. The van der Waals surface area contributed by atoms with Crippen LogP contribution in [-0.4, -0.2) is 29.4 Å². The third kappa shape index (κ3) is 4.87. The number of carbonyl (C=O) groups excluding carboxylic acids is 1. The molecule has 1 aliphatic heterocycles. The maximum atomic E-state index is 13.1. The van der Waals surface area contributed by atoms with Gasteiger partial charge in [-0.05, 0) is 37.3 Å². The molecule has 1 heterocycles. The standard InChI is InChI=1S/C22H28N2O.ClH/c1-17(23)21-14-8-9-15-24(21)22(25)16-20(18-10-4-2-5-11-18)19-12-6-3-7-13-19;/h2-7,10-13,17,20-21H,8-9,14-16,23H2,1H3;1H. The number of hydrogen-bond acceptors (Lipinski definition) is 2.